The van der Waals surface area contributed by atoms with Gasteiger partial charge < -0.3 is 34.0 Å². The SMILES string of the molecule is COCCn1ncc(-c2ccc(-c3cnc(C(=O)Nc4ccc(C(=O)N5CCN(C(=O)[C@@H]6C[C@@H](O)C[N+]6(C)C)CC5)c(Cl)c4)n3C)c(F)c2F)c1C(F)F. The van der Waals surface area contributed by atoms with Crippen molar-refractivity contribution in [2.75, 3.05) is 65.9 Å². The Kier molecular flexibility index (Phi) is 11.1. The molecule has 0 spiro atoms. The summed E-state index contributed by atoms with van der Waals surface area (Å²) < 4.78 is 66.4. The van der Waals surface area contributed by atoms with Crippen molar-refractivity contribution in [1.29, 1.82) is 0 Å². The molecule has 0 bridgehead atoms. The molecule has 54 heavy (non-hydrogen) atoms. The zero-order valence-corrected chi connectivity index (χ0v) is 30.8. The van der Waals surface area contributed by atoms with Crippen LogP contribution >= 0.6 is 11.6 Å². The molecule has 0 radical (unpaired) electrons. The van der Waals surface area contributed by atoms with Crippen LogP contribution in [0.3, 0.4) is 0 Å². The minimum absolute atomic E-state index is 0.0128. The number of aromatic nitrogens is 4. The normalized spacial score (nSPS) is 18.4. The Hall–Kier alpha value is -4.84. The number of quaternary nitrogens is 1. The molecule has 2 aromatic carbocycles. The van der Waals surface area contributed by atoms with Crippen LogP contribution in [-0.4, -0.2) is 129 Å². The van der Waals surface area contributed by atoms with Gasteiger partial charge >= 0.3 is 0 Å². The first-order valence-corrected chi connectivity index (χ1v) is 17.5. The molecule has 4 heterocycles. The molecule has 288 valence electrons. The second kappa shape index (κ2) is 15.5. The topological polar surface area (TPSA) is 135 Å². The first kappa shape index (κ1) is 38.9. The summed E-state index contributed by atoms with van der Waals surface area (Å²) in [6.07, 6.45) is -0.923. The number of carbonyl (C=O) groups excluding carboxylic acids is 3. The average molecular weight is 776 g/mol. The second-order valence-electron chi connectivity index (χ2n) is 13.9. The van der Waals surface area contributed by atoms with E-state index >= 15 is 8.78 Å². The summed E-state index contributed by atoms with van der Waals surface area (Å²) >= 11 is 6.50. The highest BCUT2D eigenvalue weighted by Crippen LogP contribution is 2.36. The number of hydrogen-bond donors (Lipinski definition) is 2. The Morgan fingerprint density at radius 2 is 1.69 bits per heavy atom. The van der Waals surface area contributed by atoms with Crippen LogP contribution in [0.25, 0.3) is 22.4 Å². The number of halogens is 5. The molecule has 13 nitrogen and oxygen atoms in total. The zero-order valence-electron chi connectivity index (χ0n) is 30.0. The third-order valence-corrected chi connectivity index (χ3v) is 10.4. The Balaban J connectivity index is 1.12. The van der Waals surface area contributed by atoms with Crippen LogP contribution in [0.15, 0.2) is 42.7 Å². The number of nitrogens with zero attached hydrogens (tertiary/aromatic N) is 7. The number of piperazine rings is 1. The maximum absolute atomic E-state index is 15.5. The summed E-state index contributed by atoms with van der Waals surface area (Å²) in [6, 6.07) is 6.40. The maximum Gasteiger partial charge on any atom is 0.291 e. The number of nitrogens with one attached hydrogen (secondary N) is 1. The molecule has 2 atom stereocenters. The van der Waals surface area contributed by atoms with Gasteiger partial charge in [-0.3, -0.25) is 19.1 Å². The lowest BCUT2D eigenvalue weighted by Gasteiger charge is -2.38. The molecule has 2 N–H and O–H groups in total. The molecular formula is C36H40ClF4N8O5+. The van der Waals surface area contributed by atoms with Crippen molar-refractivity contribution in [3.8, 4) is 22.4 Å². The van der Waals surface area contributed by atoms with E-state index in [1.807, 2.05) is 14.1 Å². The Morgan fingerprint density at radius 1 is 1.02 bits per heavy atom. The number of anilines is 1. The molecule has 0 aliphatic carbocycles. The number of alkyl halides is 2. The third-order valence-electron chi connectivity index (χ3n) is 10.1. The number of carbonyl (C=O) groups is 3. The van der Waals surface area contributed by atoms with Crippen LogP contribution in [0.4, 0.5) is 23.2 Å². The highest BCUT2D eigenvalue weighted by Gasteiger charge is 2.46. The first-order valence-electron chi connectivity index (χ1n) is 17.2. The van der Waals surface area contributed by atoms with Gasteiger partial charge in [0.05, 0.1) is 55.9 Å². The molecule has 2 aliphatic heterocycles. The van der Waals surface area contributed by atoms with Crippen molar-refractivity contribution in [1.82, 2.24) is 29.1 Å². The summed E-state index contributed by atoms with van der Waals surface area (Å²) in [4.78, 5) is 47.3. The van der Waals surface area contributed by atoms with Crippen molar-refractivity contribution in [2.24, 2.45) is 7.05 Å². The van der Waals surface area contributed by atoms with E-state index in [-0.39, 0.29) is 69.9 Å². The van der Waals surface area contributed by atoms with Crippen molar-refractivity contribution in [2.45, 2.75) is 31.5 Å². The number of benzene rings is 2. The zero-order chi connectivity index (χ0) is 39.1. The lowest BCUT2D eigenvalue weighted by atomic mass is 10.0. The highest BCUT2D eigenvalue weighted by atomic mass is 35.5. The lowest BCUT2D eigenvalue weighted by molar-refractivity contribution is -0.894. The van der Waals surface area contributed by atoms with E-state index in [4.69, 9.17) is 16.3 Å². The van der Waals surface area contributed by atoms with Gasteiger partial charge in [0.25, 0.3) is 24.1 Å². The van der Waals surface area contributed by atoms with Gasteiger partial charge in [-0.2, -0.15) is 5.10 Å². The van der Waals surface area contributed by atoms with Crippen LogP contribution in [0.1, 0.15) is 39.5 Å². The van der Waals surface area contributed by atoms with E-state index in [0.29, 0.717) is 43.6 Å². The van der Waals surface area contributed by atoms with Gasteiger partial charge in [-0.05, 0) is 24.3 Å². The maximum atomic E-state index is 15.5. The van der Waals surface area contributed by atoms with Gasteiger partial charge in [0.2, 0.25) is 0 Å². The molecule has 18 heteroatoms. The number of methoxy groups -OCH3 is 1. The Bertz CT molecular complexity index is 2080. The van der Waals surface area contributed by atoms with Crippen molar-refractivity contribution in [3.05, 3.63) is 76.5 Å². The number of likely N-dealkylation sites (tertiary alicyclic amines) is 1. The molecule has 0 saturated carbocycles. The van der Waals surface area contributed by atoms with Crippen LogP contribution in [0, 0.1) is 11.6 Å². The molecule has 3 amide bonds. The predicted octanol–water partition coefficient (Wildman–Crippen LogP) is 4.21. The Morgan fingerprint density at radius 3 is 2.31 bits per heavy atom. The standard InChI is InChI=1S/C36H39ClF4N8O5/c1-45-27(24-8-7-22(29(38)30(24)39)25-17-43-48(13-14-54-4)31(25)32(40)41)18-42-33(45)34(51)44-20-5-6-23(26(37)15-20)35(52)46-9-11-47(12-10-46)36(53)28-16-21(50)19-49(28,2)3/h5-8,15,17-18,21,28,32,50H,9-14,16,19H2,1-4H3/p+1/t21-,28+/m1/s1. The molecular weight excluding hydrogens is 736 g/mol. The smallest absolute Gasteiger partial charge is 0.291 e. The van der Waals surface area contributed by atoms with Crippen molar-refractivity contribution < 1.29 is 46.3 Å². The van der Waals surface area contributed by atoms with E-state index in [2.05, 4.69) is 15.4 Å². The van der Waals surface area contributed by atoms with E-state index < -0.39 is 41.3 Å². The molecule has 2 aromatic heterocycles. The van der Waals surface area contributed by atoms with Crippen LogP contribution < -0.4 is 5.32 Å². The first-order chi connectivity index (χ1) is 25.6. The average Bonchev–Trinajstić information content (AvgIpc) is 3.81. The minimum Gasteiger partial charge on any atom is -0.387 e. The van der Waals surface area contributed by atoms with Crippen LogP contribution in [0.2, 0.25) is 5.02 Å². The Labute approximate surface area is 313 Å². The number of ether oxygens (including phenoxy) is 1. The number of amides is 3. The van der Waals surface area contributed by atoms with Crippen LogP contribution in [-0.2, 0) is 23.1 Å². The van der Waals surface area contributed by atoms with Crippen molar-refractivity contribution >= 4 is 35.0 Å². The number of aliphatic hydroxyl groups is 1. The summed E-state index contributed by atoms with van der Waals surface area (Å²) in [5.74, 6) is -3.95. The van der Waals surface area contributed by atoms with E-state index in [0.717, 1.165) is 16.9 Å². The number of rotatable bonds is 10. The molecule has 4 aromatic rings. The van der Waals surface area contributed by atoms with Gasteiger partial charge in [0, 0.05) is 69.1 Å². The molecule has 2 fully saturated rings. The largest absolute Gasteiger partial charge is 0.387 e. The lowest BCUT2D eigenvalue weighted by Crippen LogP contribution is -2.58. The molecule has 0 unspecified atom stereocenters. The van der Waals surface area contributed by atoms with Gasteiger partial charge in [-0.1, -0.05) is 17.7 Å². The summed E-state index contributed by atoms with van der Waals surface area (Å²) in [6.45, 7) is 1.86. The molecule has 6 rings (SSSR count). The van der Waals surface area contributed by atoms with E-state index in [1.54, 1.807) is 9.80 Å². The highest BCUT2D eigenvalue weighted by molar-refractivity contribution is 6.34. The minimum atomic E-state index is -3.02. The fourth-order valence-corrected chi connectivity index (χ4v) is 7.43. The van der Waals surface area contributed by atoms with Gasteiger partial charge in [0.15, 0.2) is 23.5 Å². The fourth-order valence-electron chi connectivity index (χ4n) is 7.17. The van der Waals surface area contributed by atoms with Crippen molar-refractivity contribution in [3.63, 3.8) is 0 Å². The molecule has 2 saturated heterocycles. The summed E-state index contributed by atoms with van der Waals surface area (Å²) in [5, 5.41) is 16.7. The number of aliphatic hydroxyl groups excluding tert-OH is 1. The van der Waals surface area contributed by atoms with E-state index in [1.165, 1.54) is 49.2 Å². The van der Waals surface area contributed by atoms with E-state index in [9.17, 15) is 28.3 Å². The van der Waals surface area contributed by atoms with Gasteiger partial charge in [0.1, 0.15) is 18.3 Å². The van der Waals surface area contributed by atoms with Gasteiger partial charge in [-0.15, -0.1) is 0 Å². The number of hydrogen-bond acceptors (Lipinski definition) is 7. The number of likely N-dealkylation sites (N-methyl/N-ethyl adjacent to an activating group) is 1. The second-order valence-corrected chi connectivity index (χ2v) is 14.3. The fraction of sp³-hybridized carbons (Fsp3) is 0.417. The third kappa shape index (κ3) is 7.45. The number of imidazole rings is 1. The van der Waals surface area contributed by atoms with Gasteiger partial charge in [-0.25, -0.2) is 22.5 Å². The summed E-state index contributed by atoms with van der Waals surface area (Å²) in [7, 11) is 6.67. The molecule has 2 aliphatic rings. The monoisotopic (exact) mass is 775 g/mol. The predicted molar refractivity (Wildman–Crippen MR) is 190 cm³/mol. The quantitative estimate of drug-likeness (QED) is 0.182. The van der Waals surface area contributed by atoms with Crippen LogP contribution in [0.5, 0.6) is 0 Å². The summed E-state index contributed by atoms with van der Waals surface area (Å²) in [5.41, 5.74) is -1.02.